The first-order valence-corrected chi connectivity index (χ1v) is 8.03. The lowest BCUT2D eigenvalue weighted by Crippen LogP contribution is -2.35. The summed E-state index contributed by atoms with van der Waals surface area (Å²) in [7, 11) is 0. The first-order chi connectivity index (χ1) is 10.1. The van der Waals surface area contributed by atoms with E-state index in [0.717, 1.165) is 31.1 Å². The van der Waals surface area contributed by atoms with Gasteiger partial charge in [0.25, 0.3) is 0 Å². The van der Waals surface area contributed by atoms with Gasteiger partial charge in [0, 0.05) is 49.4 Å². The average molecular weight is 308 g/mol. The van der Waals surface area contributed by atoms with Gasteiger partial charge in [-0.15, -0.1) is 0 Å². The fourth-order valence-electron chi connectivity index (χ4n) is 2.91. The molecule has 1 atom stereocenters. The van der Waals surface area contributed by atoms with E-state index in [2.05, 4.69) is 21.6 Å². The van der Waals surface area contributed by atoms with Crippen molar-refractivity contribution < 1.29 is 4.79 Å². The molecular weight excluding hydrogens is 286 g/mol. The van der Waals surface area contributed by atoms with E-state index in [-0.39, 0.29) is 11.9 Å². The molecular formula is C16H22ClN3O. The molecule has 1 heterocycles. The summed E-state index contributed by atoms with van der Waals surface area (Å²) in [5, 5.41) is 7.33. The Morgan fingerprint density at radius 3 is 2.86 bits per heavy atom. The van der Waals surface area contributed by atoms with Crippen molar-refractivity contribution in [2.24, 2.45) is 0 Å². The monoisotopic (exact) mass is 307 g/mol. The zero-order chi connectivity index (χ0) is 14.8. The standard InChI is InChI=1S/C16H22ClN3O/c1-11(21)19-15-6-7-20(10-15)16-8-13(17)3-2-12(16)9-18-14-4-5-14/h2-3,8,14-15,18H,4-7,9-10H2,1H3,(H,19,21). The van der Waals surface area contributed by atoms with Crippen LogP contribution < -0.4 is 15.5 Å². The van der Waals surface area contributed by atoms with Crippen LogP contribution in [0.3, 0.4) is 0 Å². The number of carbonyl (C=O) groups is 1. The number of benzene rings is 1. The number of hydrogen-bond donors (Lipinski definition) is 2. The van der Waals surface area contributed by atoms with Crippen molar-refractivity contribution in [1.29, 1.82) is 0 Å². The van der Waals surface area contributed by atoms with Gasteiger partial charge in [-0.2, -0.15) is 0 Å². The van der Waals surface area contributed by atoms with Crippen molar-refractivity contribution in [2.75, 3.05) is 18.0 Å². The molecule has 1 amide bonds. The fraction of sp³-hybridized carbons (Fsp3) is 0.562. The van der Waals surface area contributed by atoms with Crippen LogP contribution in [-0.2, 0) is 11.3 Å². The zero-order valence-electron chi connectivity index (χ0n) is 12.4. The van der Waals surface area contributed by atoms with Gasteiger partial charge in [0.15, 0.2) is 0 Å². The van der Waals surface area contributed by atoms with Crippen molar-refractivity contribution in [2.45, 2.75) is 44.8 Å². The Kier molecular flexibility index (Phi) is 4.36. The number of nitrogens with one attached hydrogen (secondary N) is 2. The van der Waals surface area contributed by atoms with Gasteiger partial charge in [0.1, 0.15) is 0 Å². The van der Waals surface area contributed by atoms with Gasteiger partial charge in [-0.1, -0.05) is 17.7 Å². The van der Waals surface area contributed by atoms with Crippen LogP contribution in [0.5, 0.6) is 0 Å². The van der Waals surface area contributed by atoms with Crippen molar-refractivity contribution in [3.05, 3.63) is 28.8 Å². The molecule has 0 radical (unpaired) electrons. The molecule has 1 aliphatic carbocycles. The number of hydrogen-bond acceptors (Lipinski definition) is 3. The average Bonchev–Trinajstić information content (AvgIpc) is 3.15. The summed E-state index contributed by atoms with van der Waals surface area (Å²) in [5.74, 6) is 0.0450. The number of amides is 1. The Morgan fingerprint density at radius 1 is 1.33 bits per heavy atom. The predicted octanol–water partition coefficient (Wildman–Crippen LogP) is 2.31. The van der Waals surface area contributed by atoms with Gasteiger partial charge in [-0.25, -0.2) is 0 Å². The minimum atomic E-state index is 0.0450. The molecule has 2 N–H and O–H groups in total. The van der Waals surface area contributed by atoms with E-state index >= 15 is 0 Å². The Hall–Kier alpha value is -1.26. The molecule has 1 aliphatic heterocycles. The third-order valence-electron chi connectivity index (χ3n) is 4.14. The molecule has 114 valence electrons. The molecule has 0 spiro atoms. The molecule has 1 saturated carbocycles. The SMILES string of the molecule is CC(=O)NC1CCN(c2cc(Cl)ccc2CNC2CC2)C1. The van der Waals surface area contributed by atoms with Crippen LogP contribution in [0.2, 0.25) is 5.02 Å². The number of carbonyl (C=O) groups excluding carboxylic acids is 1. The molecule has 1 aromatic rings. The summed E-state index contributed by atoms with van der Waals surface area (Å²) in [6.45, 7) is 4.28. The number of anilines is 1. The second kappa shape index (κ2) is 6.24. The lowest BCUT2D eigenvalue weighted by Gasteiger charge is -2.23. The minimum absolute atomic E-state index is 0.0450. The van der Waals surface area contributed by atoms with Crippen LogP contribution in [0.15, 0.2) is 18.2 Å². The van der Waals surface area contributed by atoms with Gasteiger partial charge in [-0.05, 0) is 37.0 Å². The Morgan fingerprint density at radius 2 is 2.14 bits per heavy atom. The van der Waals surface area contributed by atoms with Crippen molar-refractivity contribution in [3.63, 3.8) is 0 Å². The maximum atomic E-state index is 11.2. The van der Waals surface area contributed by atoms with Crippen LogP contribution in [0, 0.1) is 0 Å². The lowest BCUT2D eigenvalue weighted by molar-refractivity contribution is -0.119. The molecule has 4 nitrogen and oxygen atoms in total. The largest absolute Gasteiger partial charge is 0.369 e. The van der Waals surface area contributed by atoms with Gasteiger partial charge >= 0.3 is 0 Å². The fourth-order valence-corrected chi connectivity index (χ4v) is 3.07. The highest BCUT2D eigenvalue weighted by molar-refractivity contribution is 6.30. The van der Waals surface area contributed by atoms with E-state index in [9.17, 15) is 4.79 Å². The second-order valence-electron chi connectivity index (χ2n) is 6.06. The predicted molar refractivity (Wildman–Crippen MR) is 85.7 cm³/mol. The molecule has 21 heavy (non-hydrogen) atoms. The van der Waals surface area contributed by atoms with E-state index in [4.69, 9.17) is 11.6 Å². The van der Waals surface area contributed by atoms with Crippen LogP contribution >= 0.6 is 11.6 Å². The van der Waals surface area contributed by atoms with E-state index in [1.807, 2.05) is 12.1 Å². The molecule has 0 bridgehead atoms. The summed E-state index contributed by atoms with van der Waals surface area (Å²) in [4.78, 5) is 13.5. The summed E-state index contributed by atoms with van der Waals surface area (Å²) in [5.41, 5.74) is 2.48. The number of halogens is 1. The third kappa shape index (κ3) is 3.89. The molecule has 0 aromatic heterocycles. The van der Waals surface area contributed by atoms with Crippen LogP contribution in [-0.4, -0.2) is 31.1 Å². The van der Waals surface area contributed by atoms with Gasteiger partial charge in [0.2, 0.25) is 5.91 Å². The molecule has 1 aromatic carbocycles. The first kappa shape index (κ1) is 14.7. The highest BCUT2D eigenvalue weighted by Crippen LogP contribution is 2.29. The molecule has 2 aliphatic rings. The quantitative estimate of drug-likeness (QED) is 0.877. The second-order valence-corrected chi connectivity index (χ2v) is 6.50. The normalized spacial score (nSPS) is 21.6. The molecule has 2 fully saturated rings. The highest BCUT2D eigenvalue weighted by Gasteiger charge is 2.26. The van der Waals surface area contributed by atoms with Gasteiger partial charge < -0.3 is 15.5 Å². The van der Waals surface area contributed by atoms with E-state index in [1.54, 1.807) is 6.92 Å². The van der Waals surface area contributed by atoms with E-state index < -0.39 is 0 Å². The molecule has 5 heteroatoms. The Bertz CT molecular complexity index is 530. The minimum Gasteiger partial charge on any atom is -0.369 e. The smallest absolute Gasteiger partial charge is 0.217 e. The molecule has 1 unspecified atom stereocenters. The summed E-state index contributed by atoms with van der Waals surface area (Å²) in [6, 6.07) is 7.04. The van der Waals surface area contributed by atoms with Gasteiger partial charge in [0.05, 0.1) is 0 Å². The Balaban J connectivity index is 1.70. The van der Waals surface area contributed by atoms with Crippen LogP contribution in [0.25, 0.3) is 0 Å². The van der Waals surface area contributed by atoms with Crippen LogP contribution in [0.1, 0.15) is 31.7 Å². The van der Waals surface area contributed by atoms with Crippen molar-refractivity contribution in [1.82, 2.24) is 10.6 Å². The van der Waals surface area contributed by atoms with E-state index in [1.165, 1.54) is 24.1 Å². The van der Waals surface area contributed by atoms with Crippen LogP contribution in [0.4, 0.5) is 5.69 Å². The topological polar surface area (TPSA) is 44.4 Å². The molecule has 3 rings (SSSR count). The van der Waals surface area contributed by atoms with Crippen molar-refractivity contribution >= 4 is 23.2 Å². The third-order valence-corrected chi connectivity index (χ3v) is 4.38. The maximum Gasteiger partial charge on any atom is 0.217 e. The Labute approximate surface area is 130 Å². The first-order valence-electron chi connectivity index (χ1n) is 7.65. The summed E-state index contributed by atoms with van der Waals surface area (Å²) < 4.78 is 0. The number of nitrogens with zero attached hydrogens (tertiary/aromatic N) is 1. The zero-order valence-corrected chi connectivity index (χ0v) is 13.1. The highest BCUT2D eigenvalue weighted by atomic mass is 35.5. The van der Waals surface area contributed by atoms with E-state index in [0.29, 0.717) is 6.04 Å². The van der Waals surface area contributed by atoms with Gasteiger partial charge in [-0.3, -0.25) is 4.79 Å². The van der Waals surface area contributed by atoms with Crippen molar-refractivity contribution in [3.8, 4) is 0 Å². The molecule has 1 saturated heterocycles. The number of rotatable bonds is 5. The lowest BCUT2D eigenvalue weighted by atomic mass is 10.1. The maximum absolute atomic E-state index is 11.2. The summed E-state index contributed by atoms with van der Waals surface area (Å²) in [6.07, 6.45) is 3.57. The summed E-state index contributed by atoms with van der Waals surface area (Å²) >= 11 is 6.17.